The summed E-state index contributed by atoms with van der Waals surface area (Å²) in [7, 11) is 0. The largest absolute Gasteiger partial charge is 0.490 e. The van der Waals surface area contributed by atoms with Gasteiger partial charge < -0.3 is 19.3 Å². The van der Waals surface area contributed by atoms with Gasteiger partial charge in [-0.05, 0) is 38.0 Å². The number of anilines is 1. The van der Waals surface area contributed by atoms with E-state index in [-0.39, 0.29) is 12.0 Å². The van der Waals surface area contributed by atoms with E-state index in [4.69, 9.17) is 15.9 Å². The molecule has 0 bridgehead atoms. The van der Waals surface area contributed by atoms with Crippen molar-refractivity contribution < 1.29 is 14.3 Å². The molecule has 0 N–H and O–H groups in total. The van der Waals surface area contributed by atoms with Crippen LogP contribution in [0.3, 0.4) is 0 Å². The molecule has 1 saturated heterocycles. The fourth-order valence-electron chi connectivity index (χ4n) is 3.88. The van der Waals surface area contributed by atoms with Crippen LogP contribution in [-0.4, -0.2) is 70.9 Å². The van der Waals surface area contributed by atoms with Crippen LogP contribution in [0.2, 0.25) is 0 Å². The monoisotopic (exact) mass is 458 g/mol. The Kier molecular flexibility index (Phi) is 6.95. The van der Waals surface area contributed by atoms with Crippen LogP contribution in [0.25, 0.3) is 16.6 Å². The second-order valence-corrected chi connectivity index (χ2v) is 8.15. The molecule has 34 heavy (non-hydrogen) atoms. The lowest BCUT2D eigenvalue weighted by atomic mass is 10.1. The zero-order valence-corrected chi connectivity index (χ0v) is 19.3. The molecule has 174 valence electrons. The Morgan fingerprint density at radius 1 is 1.21 bits per heavy atom. The minimum Gasteiger partial charge on any atom is -0.490 e. The lowest BCUT2D eigenvalue weighted by Gasteiger charge is -2.34. The number of carbonyl (C=O) groups excluding carboxylic acids is 1. The fraction of sp³-hybridized carbons (Fsp3) is 0.360. The summed E-state index contributed by atoms with van der Waals surface area (Å²) in [5, 5.41) is 13.9. The standard InChI is InChI=1S/C25H26N6O3/c1-4-24(32)30-9-7-29(8-10-30)23-6-5-19(15-27-23)22-13-21(34-12-11-33-18(2)3)17-31-25(22)20(14-26)16-28-31/h1,5-6,13,15-18H,7-12H2,2-3H3. The van der Waals surface area contributed by atoms with E-state index in [1.54, 1.807) is 28.0 Å². The van der Waals surface area contributed by atoms with E-state index in [1.165, 1.54) is 0 Å². The Hall–Kier alpha value is -4.08. The van der Waals surface area contributed by atoms with E-state index < -0.39 is 0 Å². The van der Waals surface area contributed by atoms with Gasteiger partial charge in [0.2, 0.25) is 0 Å². The molecule has 3 aromatic heterocycles. The number of hydrogen-bond donors (Lipinski definition) is 0. The number of amides is 1. The van der Waals surface area contributed by atoms with E-state index in [1.807, 2.05) is 32.0 Å². The molecular formula is C25H26N6O3. The van der Waals surface area contributed by atoms with Crippen LogP contribution >= 0.6 is 0 Å². The average molecular weight is 459 g/mol. The molecular weight excluding hydrogens is 432 g/mol. The van der Waals surface area contributed by atoms with Crippen LogP contribution in [0, 0.1) is 23.7 Å². The van der Waals surface area contributed by atoms with Crippen LogP contribution in [0.15, 0.2) is 36.8 Å². The van der Waals surface area contributed by atoms with Crippen LogP contribution in [-0.2, 0) is 9.53 Å². The molecule has 1 aliphatic rings. The van der Waals surface area contributed by atoms with E-state index in [0.717, 1.165) is 16.9 Å². The molecule has 0 spiro atoms. The van der Waals surface area contributed by atoms with Crippen molar-refractivity contribution in [3.63, 3.8) is 0 Å². The van der Waals surface area contributed by atoms with Crippen molar-refractivity contribution >= 4 is 17.2 Å². The Morgan fingerprint density at radius 3 is 2.65 bits per heavy atom. The van der Waals surface area contributed by atoms with E-state index in [9.17, 15) is 10.1 Å². The Labute approximate surface area is 198 Å². The molecule has 3 aromatic rings. The Morgan fingerprint density at radius 2 is 2.00 bits per heavy atom. The third-order valence-corrected chi connectivity index (χ3v) is 5.58. The third kappa shape index (κ3) is 4.95. The number of fused-ring (bicyclic) bond motifs is 1. The predicted octanol–water partition coefficient (Wildman–Crippen LogP) is 2.35. The molecule has 0 atom stereocenters. The minimum absolute atomic E-state index is 0.135. The second-order valence-electron chi connectivity index (χ2n) is 8.15. The van der Waals surface area contributed by atoms with Crippen LogP contribution in [0.1, 0.15) is 19.4 Å². The van der Waals surface area contributed by atoms with Gasteiger partial charge in [0.05, 0.1) is 36.2 Å². The molecule has 0 aliphatic carbocycles. The Bertz CT molecular complexity index is 1240. The molecule has 4 heterocycles. The van der Waals surface area contributed by atoms with E-state index >= 15 is 0 Å². The molecule has 9 nitrogen and oxygen atoms in total. The van der Waals surface area contributed by atoms with Crippen molar-refractivity contribution in [2.75, 3.05) is 44.3 Å². The molecule has 0 aromatic carbocycles. The van der Waals surface area contributed by atoms with Crippen LogP contribution < -0.4 is 9.64 Å². The number of nitriles is 1. The average Bonchev–Trinajstić information content (AvgIpc) is 3.29. The van der Waals surface area contributed by atoms with Gasteiger partial charge in [-0.3, -0.25) is 4.79 Å². The van der Waals surface area contributed by atoms with Crippen molar-refractivity contribution in [3.8, 4) is 35.3 Å². The predicted molar refractivity (Wildman–Crippen MR) is 127 cm³/mol. The van der Waals surface area contributed by atoms with Crippen molar-refractivity contribution in [3.05, 3.63) is 42.4 Å². The van der Waals surface area contributed by atoms with Gasteiger partial charge >= 0.3 is 0 Å². The van der Waals surface area contributed by atoms with Crippen molar-refractivity contribution in [2.45, 2.75) is 20.0 Å². The highest BCUT2D eigenvalue weighted by atomic mass is 16.5. The number of pyridine rings is 2. The maximum absolute atomic E-state index is 11.7. The number of carbonyl (C=O) groups is 1. The third-order valence-electron chi connectivity index (χ3n) is 5.58. The highest BCUT2D eigenvalue weighted by Crippen LogP contribution is 2.31. The van der Waals surface area contributed by atoms with Crippen molar-refractivity contribution in [2.24, 2.45) is 0 Å². The van der Waals surface area contributed by atoms with Gasteiger partial charge in [-0.15, -0.1) is 6.42 Å². The lowest BCUT2D eigenvalue weighted by molar-refractivity contribution is -0.125. The molecule has 0 unspecified atom stereocenters. The number of hydrogen-bond acceptors (Lipinski definition) is 7. The summed E-state index contributed by atoms with van der Waals surface area (Å²) in [6, 6.07) is 8.01. The van der Waals surface area contributed by atoms with E-state index in [2.05, 4.69) is 27.0 Å². The highest BCUT2D eigenvalue weighted by molar-refractivity contribution is 5.93. The van der Waals surface area contributed by atoms with Crippen molar-refractivity contribution in [1.82, 2.24) is 19.5 Å². The highest BCUT2D eigenvalue weighted by Gasteiger charge is 2.21. The molecule has 1 fully saturated rings. The zero-order valence-electron chi connectivity index (χ0n) is 19.3. The minimum atomic E-state index is -0.279. The van der Waals surface area contributed by atoms with Gasteiger partial charge in [0.15, 0.2) is 0 Å². The normalized spacial score (nSPS) is 13.7. The fourth-order valence-corrected chi connectivity index (χ4v) is 3.88. The molecule has 0 saturated carbocycles. The maximum Gasteiger partial charge on any atom is 0.298 e. The van der Waals surface area contributed by atoms with Crippen LogP contribution in [0.5, 0.6) is 5.75 Å². The first-order chi connectivity index (χ1) is 16.5. The quantitative estimate of drug-likeness (QED) is 0.396. The molecule has 1 aliphatic heterocycles. The van der Waals surface area contributed by atoms with Gasteiger partial charge in [0, 0.05) is 43.5 Å². The second kappa shape index (κ2) is 10.2. The first kappa shape index (κ1) is 23.1. The van der Waals surface area contributed by atoms with Crippen molar-refractivity contribution in [1.29, 1.82) is 5.26 Å². The molecule has 4 rings (SSSR count). The number of aromatic nitrogens is 3. The number of rotatable bonds is 7. The first-order valence-corrected chi connectivity index (χ1v) is 11.1. The van der Waals surface area contributed by atoms with Gasteiger partial charge in [-0.2, -0.15) is 10.4 Å². The molecule has 0 radical (unpaired) electrons. The maximum atomic E-state index is 11.7. The van der Waals surface area contributed by atoms with Crippen LogP contribution in [0.4, 0.5) is 5.82 Å². The summed E-state index contributed by atoms with van der Waals surface area (Å²) in [6.45, 7) is 7.28. The summed E-state index contributed by atoms with van der Waals surface area (Å²) < 4.78 is 13.1. The smallest absolute Gasteiger partial charge is 0.298 e. The number of terminal acetylenes is 1. The summed E-state index contributed by atoms with van der Waals surface area (Å²) in [5.41, 5.74) is 2.82. The molecule has 9 heteroatoms. The number of ether oxygens (including phenoxy) is 2. The van der Waals surface area contributed by atoms with Gasteiger partial charge in [-0.25, -0.2) is 9.50 Å². The summed E-state index contributed by atoms with van der Waals surface area (Å²) in [5.74, 6) is 3.33. The summed E-state index contributed by atoms with van der Waals surface area (Å²) in [4.78, 5) is 20.1. The van der Waals surface area contributed by atoms with Gasteiger partial charge in [0.1, 0.15) is 24.2 Å². The Balaban J connectivity index is 1.56. The number of piperazine rings is 1. The zero-order chi connectivity index (χ0) is 24.1. The first-order valence-electron chi connectivity index (χ1n) is 11.1. The van der Waals surface area contributed by atoms with E-state index in [0.29, 0.717) is 56.2 Å². The molecule has 1 amide bonds. The van der Waals surface area contributed by atoms with Gasteiger partial charge in [0.25, 0.3) is 5.91 Å². The number of nitrogens with zero attached hydrogens (tertiary/aromatic N) is 6. The topological polar surface area (TPSA) is 96.0 Å². The summed E-state index contributed by atoms with van der Waals surface area (Å²) in [6.07, 6.45) is 10.4. The SMILES string of the molecule is C#CC(=O)N1CCN(c2ccc(-c3cc(OCCOC(C)C)cn4ncc(C#N)c34)cn2)CC1. The summed E-state index contributed by atoms with van der Waals surface area (Å²) >= 11 is 0. The van der Waals surface area contributed by atoms with Gasteiger partial charge in [-0.1, -0.05) is 0 Å². The lowest BCUT2D eigenvalue weighted by Crippen LogP contribution is -2.48.